The van der Waals surface area contributed by atoms with Gasteiger partial charge in [-0.05, 0) is 11.5 Å². The van der Waals surface area contributed by atoms with Crippen molar-refractivity contribution in [2.45, 2.75) is 26.1 Å². The SMILES string of the molecule is CC(C)(C)[B]c1cc(C#N)ccc1B(O)O. The van der Waals surface area contributed by atoms with Gasteiger partial charge in [0.2, 0.25) is 0 Å². The first-order chi connectivity index (χ1) is 7.33. The highest BCUT2D eigenvalue weighted by Gasteiger charge is 2.21. The molecule has 0 spiro atoms. The Morgan fingerprint density at radius 2 is 1.94 bits per heavy atom. The third kappa shape index (κ3) is 3.41. The molecule has 5 heteroatoms. The lowest BCUT2D eigenvalue weighted by Gasteiger charge is -2.19. The maximum Gasteiger partial charge on any atom is 0.487 e. The Balaban J connectivity index is 3.17. The topological polar surface area (TPSA) is 64.2 Å². The number of nitriles is 1. The Bertz CT molecular complexity index is 419. The lowest BCUT2D eigenvalue weighted by molar-refractivity contribution is 0.426. The van der Waals surface area contributed by atoms with Gasteiger partial charge in [-0.1, -0.05) is 43.7 Å². The van der Waals surface area contributed by atoms with Crippen LogP contribution in [0.3, 0.4) is 0 Å². The first kappa shape index (κ1) is 12.8. The predicted octanol–water partition coefficient (Wildman–Crippen LogP) is -0.214. The summed E-state index contributed by atoms with van der Waals surface area (Å²) in [6, 6.07) is 6.85. The lowest BCUT2D eigenvalue weighted by atomic mass is 9.48. The van der Waals surface area contributed by atoms with Crippen molar-refractivity contribution < 1.29 is 10.0 Å². The van der Waals surface area contributed by atoms with Crippen molar-refractivity contribution >= 4 is 25.3 Å². The van der Waals surface area contributed by atoms with Crippen LogP contribution in [-0.4, -0.2) is 24.4 Å². The van der Waals surface area contributed by atoms with E-state index in [1.54, 1.807) is 18.2 Å². The largest absolute Gasteiger partial charge is 0.487 e. The minimum atomic E-state index is -1.51. The zero-order chi connectivity index (χ0) is 12.3. The molecule has 0 amide bonds. The molecule has 1 radical (unpaired) electrons. The maximum absolute atomic E-state index is 9.22. The normalized spacial score (nSPS) is 10.8. The van der Waals surface area contributed by atoms with Crippen molar-refractivity contribution in [3.05, 3.63) is 23.8 Å². The molecular weight excluding hydrogens is 200 g/mol. The van der Waals surface area contributed by atoms with Crippen LogP contribution in [0.5, 0.6) is 0 Å². The van der Waals surface area contributed by atoms with Crippen LogP contribution in [0.15, 0.2) is 18.2 Å². The van der Waals surface area contributed by atoms with Crippen molar-refractivity contribution in [2.75, 3.05) is 0 Å². The van der Waals surface area contributed by atoms with Gasteiger partial charge < -0.3 is 10.0 Å². The number of rotatable bonds is 2. The van der Waals surface area contributed by atoms with Crippen molar-refractivity contribution in [1.82, 2.24) is 0 Å². The van der Waals surface area contributed by atoms with E-state index in [0.717, 1.165) is 0 Å². The second-order valence-electron chi connectivity index (χ2n) is 4.84. The van der Waals surface area contributed by atoms with E-state index < -0.39 is 7.12 Å². The first-order valence-corrected chi connectivity index (χ1v) is 5.09. The van der Waals surface area contributed by atoms with E-state index in [-0.39, 0.29) is 5.31 Å². The molecule has 0 aliphatic heterocycles. The Kier molecular flexibility index (Phi) is 3.79. The summed E-state index contributed by atoms with van der Waals surface area (Å²) in [6.45, 7) is 6.04. The third-order valence-electron chi connectivity index (χ3n) is 2.08. The van der Waals surface area contributed by atoms with Gasteiger partial charge in [-0.25, -0.2) is 0 Å². The summed E-state index contributed by atoms with van der Waals surface area (Å²) in [5.74, 6) is 0. The van der Waals surface area contributed by atoms with Crippen LogP contribution < -0.4 is 10.9 Å². The third-order valence-corrected chi connectivity index (χ3v) is 2.08. The molecule has 0 saturated heterocycles. The quantitative estimate of drug-likeness (QED) is 0.669. The minimum Gasteiger partial charge on any atom is -0.423 e. The molecule has 0 saturated carbocycles. The molecule has 1 aromatic carbocycles. The van der Waals surface area contributed by atoms with E-state index in [1.165, 1.54) is 0 Å². The van der Waals surface area contributed by atoms with Gasteiger partial charge in [0, 0.05) is 0 Å². The molecule has 0 aromatic heterocycles. The second kappa shape index (κ2) is 4.73. The summed E-state index contributed by atoms with van der Waals surface area (Å²) in [6.07, 6.45) is 0. The van der Waals surface area contributed by atoms with E-state index in [1.807, 2.05) is 34.1 Å². The molecule has 0 unspecified atom stereocenters. The number of benzene rings is 1. The summed E-state index contributed by atoms with van der Waals surface area (Å²) >= 11 is 0. The summed E-state index contributed by atoms with van der Waals surface area (Å²) in [7, 11) is 0.407. The van der Waals surface area contributed by atoms with Gasteiger partial charge in [-0.15, -0.1) is 0 Å². The van der Waals surface area contributed by atoms with Crippen LogP contribution in [0.4, 0.5) is 0 Å². The van der Waals surface area contributed by atoms with Crippen molar-refractivity contribution in [2.24, 2.45) is 0 Å². The van der Waals surface area contributed by atoms with E-state index in [2.05, 4.69) is 0 Å². The number of nitrogens with zero attached hydrogens (tertiary/aromatic N) is 1. The molecule has 0 aliphatic rings. The van der Waals surface area contributed by atoms with Gasteiger partial charge in [0.25, 0.3) is 0 Å². The van der Waals surface area contributed by atoms with Gasteiger partial charge in [-0.2, -0.15) is 5.26 Å². The first-order valence-electron chi connectivity index (χ1n) is 5.09. The predicted molar refractivity (Wildman–Crippen MR) is 66.1 cm³/mol. The number of hydrogen-bond donors (Lipinski definition) is 2. The van der Waals surface area contributed by atoms with Crippen LogP contribution in [-0.2, 0) is 0 Å². The fourth-order valence-electron chi connectivity index (χ4n) is 1.47. The van der Waals surface area contributed by atoms with Gasteiger partial charge >= 0.3 is 7.12 Å². The standard InChI is InChI=1S/C11H14B2NO2/c1-11(2,3)12-9-6-8(7-14)4-5-10(9)13(15)16/h4-6,15-16H,1-3H3. The Labute approximate surface area is 97.1 Å². The van der Waals surface area contributed by atoms with Gasteiger partial charge in [-0.3, -0.25) is 0 Å². The molecule has 0 heterocycles. The molecular formula is C11H14B2NO2. The van der Waals surface area contributed by atoms with Gasteiger partial charge in [0.05, 0.1) is 11.6 Å². The summed E-state index contributed by atoms with van der Waals surface area (Å²) in [4.78, 5) is 0. The van der Waals surface area contributed by atoms with E-state index in [9.17, 15) is 10.0 Å². The highest BCUT2D eigenvalue weighted by atomic mass is 16.4. The van der Waals surface area contributed by atoms with E-state index >= 15 is 0 Å². The zero-order valence-electron chi connectivity index (χ0n) is 9.73. The fourth-order valence-corrected chi connectivity index (χ4v) is 1.47. The van der Waals surface area contributed by atoms with Gasteiger partial charge in [0.15, 0.2) is 7.28 Å². The summed E-state index contributed by atoms with van der Waals surface area (Å²) in [5, 5.41) is 27.2. The second-order valence-corrected chi connectivity index (χ2v) is 4.84. The van der Waals surface area contributed by atoms with Gasteiger partial charge in [0.1, 0.15) is 0 Å². The van der Waals surface area contributed by atoms with E-state index in [4.69, 9.17) is 5.26 Å². The summed E-state index contributed by atoms with van der Waals surface area (Å²) < 4.78 is 0. The Hall–Kier alpha value is -1.24. The summed E-state index contributed by atoms with van der Waals surface area (Å²) in [5.41, 5.74) is 1.63. The fraction of sp³-hybridized carbons (Fsp3) is 0.364. The Morgan fingerprint density at radius 3 is 2.38 bits per heavy atom. The monoisotopic (exact) mass is 214 g/mol. The zero-order valence-corrected chi connectivity index (χ0v) is 9.73. The molecule has 2 N–H and O–H groups in total. The Morgan fingerprint density at radius 1 is 1.31 bits per heavy atom. The molecule has 0 bridgehead atoms. The van der Waals surface area contributed by atoms with Crippen molar-refractivity contribution in [3.8, 4) is 6.07 Å². The molecule has 0 aliphatic carbocycles. The minimum absolute atomic E-state index is 0.0856. The van der Waals surface area contributed by atoms with Crippen LogP contribution in [0.25, 0.3) is 0 Å². The average Bonchev–Trinajstić information content (AvgIpc) is 2.14. The number of hydrogen-bond acceptors (Lipinski definition) is 3. The highest BCUT2D eigenvalue weighted by molar-refractivity contribution is 6.70. The maximum atomic E-state index is 9.22. The van der Waals surface area contributed by atoms with Crippen LogP contribution in [0.1, 0.15) is 26.3 Å². The average molecular weight is 214 g/mol. The van der Waals surface area contributed by atoms with Crippen molar-refractivity contribution in [3.63, 3.8) is 0 Å². The van der Waals surface area contributed by atoms with Crippen molar-refractivity contribution in [1.29, 1.82) is 5.26 Å². The van der Waals surface area contributed by atoms with E-state index in [0.29, 0.717) is 16.5 Å². The molecule has 1 rings (SSSR count). The van der Waals surface area contributed by atoms with Crippen LogP contribution in [0.2, 0.25) is 5.31 Å². The molecule has 0 atom stereocenters. The van der Waals surface area contributed by atoms with Crippen LogP contribution >= 0.6 is 0 Å². The lowest BCUT2D eigenvalue weighted by Crippen LogP contribution is -2.45. The molecule has 3 nitrogen and oxygen atoms in total. The van der Waals surface area contributed by atoms with Crippen LogP contribution in [0, 0.1) is 11.3 Å². The molecule has 1 aromatic rings. The molecule has 16 heavy (non-hydrogen) atoms. The molecule has 81 valence electrons. The highest BCUT2D eigenvalue weighted by Crippen LogP contribution is 2.19. The smallest absolute Gasteiger partial charge is 0.423 e. The molecule has 0 fully saturated rings.